The number of nitrogens with zero attached hydrogens (tertiary/aromatic N) is 1. The van der Waals surface area contributed by atoms with Gasteiger partial charge in [-0.1, -0.05) is 34.1 Å². The van der Waals surface area contributed by atoms with Crippen molar-refractivity contribution in [3.05, 3.63) is 6.54 Å². The Hall–Kier alpha value is 1.77. The summed E-state index contributed by atoms with van der Waals surface area (Å²) in [6.07, 6.45) is 7.26. The molecule has 3 rings (SSSR count). The van der Waals surface area contributed by atoms with Gasteiger partial charge in [0.1, 0.15) is 0 Å². The zero-order valence-corrected chi connectivity index (χ0v) is 16.8. The summed E-state index contributed by atoms with van der Waals surface area (Å²) >= 11 is 0. The van der Waals surface area contributed by atoms with Crippen molar-refractivity contribution < 1.29 is 58.2 Å². The summed E-state index contributed by atoms with van der Waals surface area (Å²) in [5, 5.41) is 0. The van der Waals surface area contributed by atoms with Crippen LogP contribution in [0.4, 0.5) is 0 Å². The van der Waals surface area contributed by atoms with Gasteiger partial charge in [-0.15, -0.1) is 0 Å². The zero-order chi connectivity index (χ0) is 11.1. The van der Waals surface area contributed by atoms with E-state index in [1.807, 2.05) is 13.8 Å². The van der Waals surface area contributed by atoms with Crippen molar-refractivity contribution in [1.29, 1.82) is 0 Å². The zero-order valence-electron chi connectivity index (χ0n) is 11.8. The summed E-state index contributed by atoms with van der Waals surface area (Å²) < 4.78 is 0. The fraction of sp³-hybridized carbons (Fsp3) is 0.929. The fourth-order valence-electron chi connectivity index (χ4n) is 3.61. The van der Waals surface area contributed by atoms with Crippen LogP contribution in [-0.4, -0.2) is 17.0 Å². The second-order valence-corrected chi connectivity index (χ2v) is 5.78. The molecular weight excluding hydrogens is 268 g/mol. The second kappa shape index (κ2) is 5.82. The maximum Gasteiger partial charge on any atom is 1.00 e. The molecule has 1 aliphatic carbocycles. The van der Waals surface area contributed by atoms with Crippen molar-refractivity contribution >= 4 is 0 Å². The summed E-state index contributed by atoms with van der Waals surface area (Å²) in [6, 6.07) is 0. The molecular formula is C14H26NRb. The van der Waals surface area contributed by atoms with E-state index in [4.69, 9.17) is 0 Å². The van der Waals surface area contributed by atoms with E-state index in [9.17, 15) is 0 Å². The third-order valence-corrected chi connectivity index (χ3v) is 4.72. The molecule has 2 heteroatoms. The van der Waals surface area contributed by atoms with Crippen molar-refractivity contribution in [3.63, 3.8) is 0 Å². The Balaban J connectivity index is 0.000000406. The molecule has 2 aliphatic heterocycles. The molecule has 0 aromatic heterocycles. The van der Waals surface area contributed by atoms with Crippen LogP contribution in [0.2, 0.25) is 0 Å². The Labute approximate surface area is 151 Å². The Morgan fingerprint density at radius 1 is 1.12 bits per heavy atom. The van der Waals surface area contributed by atoms with Crippen molar-refractivity contribution in [1.82, 2.24) is 4.90 Å². The molecule has 2 saturated heterocycles. The molecule has 0 bridgehead atoms. The molecule has 0 aromatic rings. The minimum absolute atomic E-state index is 0. The standard InChI is InChI=1S/C12H20N.C2H6.Rb/c1-10(2)12-4-3-7-13(12)9-11(8-12)5-6-11;1-2;/h7,10H,3-6,8-9H2,1-2H3;1-2H3;/q-1;;+1. The fourth-order valence-corrected chi connectivity index (χ4v) is 3.61. The van der Waals surface area contributed by atoms with E-state index in [0.29, 0.717) is 5.54 Å². The topological polar surface area (TPSA) is 3.24 Å². The largest absolute Gasteiger partial charge is 1.00 e. The normalized spacial score (nSPS) is 34.3. The summed E-state index contributed by atoms with van der Waals surface area (Å²) in [7, 11) is 0. The minimum atomic E-state index is 0. The van der Waals surface area contributed by atoms with Crippen LogP contribution < -0.4 is 58.2 Å². The van der Waals surface area contributed by atoms with Crippen LogP contribution in [0.25, 0.3) is 0 Å². The molecule has 2 heterocycles. The quantitative estimate of drug-likeness (QED) is 0.648. The molecule has 1 atom stereocenters. The Morgan fingerprint density at radius 2 is 1.75 bits per heavy atom. The van der Waals surface area contributed by atoms with Crippen molar-refractivity contribution in [2.75, 3.05) is 6.54 Å². The average molecular weight is 294 g/mol. The Bertz CT molecular complexity index is 235. The molecule has 0 amide bonds. The smallest absolute Gasteiger partial charge is 0.451 e. The van der Waals surface area contributed by atoms with E-state index in [2.05, 4.69) is 25.3 Å². The van der Waals surface area contributed by atoms with Gasteiger partial charge in [-0.05, 0) is 42.7 Å². The first-order valence-corrected chi connectivity index (χ1v) is 6.77. The van der Waals surface area contributed by atoms with E-state index in [1.54, 1.807) is 0 Å². The van der Waals surface area contributed by atoms with Gasteiger partial charge in [-0.3, -0.25) is 6.54 Å². The first kappa shape index (κ1) is 15.8. The summed E-state index contributed by atoms with van der Waals surface area (Å²) in [5.41, 5.74) is 1.36. The molecule has 88 valence electrons. The second-order valence-electron chi connectivity index (χ2n) is 5.78. The molecule has 3 aliphatic rings. The summed E-state index contributed by atoms with van der Waals surface area (Å²) in [5.74, 6) is 0.839. The molecule has 0 N–H and O–H groups in total. The number of hydrogen-bond donors (Lipinski definition) is 0. The Kier molecular flexibility index (Phi) is 5.75. The first-order valence-electron chi connectivity index (χ1n) is 6.77. The van der Waals surface area contributed by atoms with Gasteiger partial charge < -0.3 is 4.90 Å². The van der Waals surface area contributed by atoms with E-state index in [-0.39, 0.29) is 58.2 Å². The molecule has 3 fully saturated rings. The minimum Gasteiger partial charge on any atom is -0.451 e. The van der Waals surface area contributed by atoms with Gasteiger partial charge in [0.2, 0.25) is 0 Å². The monoisotopic (exact) mass is 293 g/mol. The number of fused-ring (bicyclic) bond motifs is 1. The van der Waals surface area contributed by atoms with Crippen molar-refractivity contribution in [2.45, 2.75) is 65.3 Å². The van der Waals surface area contributed by atoms with E-state index in [0.717, 1.165) is 11.3 Å². The van der Waals surface area contributed by atoms with Crippen LogP contribution in [0.5, 0.6) is 0 Å². The third kappa shape index (κ3) is 2.54. The van der Waals surface area contributed by atoms with Crippen LogP contribution in [0.15, 0.2) is 0 Å². The van der Waals surface area contributed by atoms with Crippen molar-refractivity contribution in [3.8, 4) is 0 Å². The molecule has 0 radical (unpaired) electrons. The van der Waals surface area contributed by atoms with E-state index in [1.165, 1.54) is 38.6 Å². The number of hydrogen-bond acceptors (Lipinski definition) is 1. The number of rotatable bonds is 1. The first-order chi connectivity index (χ1) is 7.17. The maximum atomic E-state index is 2.70. The summed E-state index contributed by atoms with van der Waals surface area (Å²) in [6.45, 7) is 12.7. The van der Waals surface area contributed by atoms with Crippen LogP contribution in [0, 0.1) is 17.9 Å². The van der Waals surface area contributed by atoms with Crippen LogP contribution >= 0.6 is 0 Å². The molecule has 0 aromatic carbocycles. The van der Waals surface area contributed by atoms with Gasteiger partial charge in [-0.25, -0.2) is 0 Å². The average Bonchev–Trinajstić information content (AvgIpc) is 2.69. The summed E-state index contributed by atoms with van der Waals surface area (Å²) in [4.78, 5) is 2.70. The predicted octanol–water partition coefficient (Wildman–Crippen LogP) is 0.853. The van der Waals surface area contributed by atoms with Gasteiger partial charge >= 0.3 is 58.2 Å². The molecule has 1 spiro atoms. The Morgan fingerprint density at radius 3 is 2.19 bits per heavy atom. The van der Waals surface area contributed by atoms with Gasteiger partial charge in [0.05, 0.1) is 0 Å². The molecule has 1 nitrogen and oxygen atoms in total. The third-order valence-electron chi connectivity index (χ3n) is 4.72. The van der Waals surface area contributed by atoms with Crippen LogP contribution in [0.3, 0.4) is 0 Å². The van der Waals surface area contributed by atoms with Crippen molar-refractivity contribution in [2.24, 2.45) is 11.3 Å². The van der Waals surface area contributed by atoms with Gasteiger partial charge in [-0.2, -0.15) is 6.42 Å². The maximum absolute atomic E-state index is 2.70. The molecule has 16 heavy (non-hydrogen) atoms. The van der Waals surface area contributed by atoms with E-state index < -0.39 is 0 Å². The van der Waals surface area contributed by atoms with Gasteiger partial charge in [0.25, 0.3) is 0 Å². The van der Waals surface area contributed by atoms with Crippen LogP contribution in [-0.2, 0) is 0 Å². The van der Waals surface area contributed by atoms with Gasteiger partial charge in [0.15, 0.2) is 0 Å². The van der Waals surface area contributed by atoms with E-state index >= 15 is 0 Å². The SMILES string of the molecule is CC.CC(C)C12CC[CH-]N1CC1(CC1)C2.[Rb+]. The van der Waals surface area contributed by atoms with Gasteiger partial charge in [0, 0.05) is 0 Å². The molecule has 1 saturated carbocycles. The van der Waals surface area contributed by atoms with Crippen LogP contribution in [0.1, 0.15) is 59.8 Å². The molecule has 1 unspecified atom stereocenters. The predicted molar refractivity (Wildman–Crippen MR) is 65.4 cm³/mol.